The molecule has 1 fully saturated rings. The normalized spacial score (nSPS) is 19.3. The van der Waals surface area contributed by atoms with Crippen molar-refractivity contribution in [3.8, 4) is 0 Å². The van der Waals surface area contributed by atoms with E-state index in [0.717, 1.165) is 4.90 Å². The Kier molecular flexibility index (Phi) is 4.73. The number of hydrogen-bond acceptors (Lipinski definition) is 4. The Morgan fingerprint density at radius 2 is 2.00 bits per heavy atom. The number of nitrogens with one attached hydrogen (secondary N) is 2. The monoisotopic (exact) mass is 373 g/mol. The summed E-state index contributed by atoms with van der Waals surface area (Å²) in [5, 5.41) is 5.15. The van der Waals surface area contributed by atoms with Gasteiger partial charge >= 0.3 is 6.03 Å². The molecule has 0 radical (unpaired) electrons. The van der Waals surface area contributed by atoms with E-state index in [4.69, 9.17) is 4.42 Å². The predicted molar refractivity (Wildman–Crippen MR) is 94.0 cm³/mol. The number of halogens is 1. The van der Waals surface area contributed by atoms with Crippen LogP contribution in [0, 0.1) is 19.7 Å². The number of imide groups is 1. The molecule has 4 amide bonds. The van der Waals surface area contributed by atoms with Gasteiger partial charge in [0, 0.05) is 17.7 Å². The number of furan rings is 1. The molecule has 2 heterocycles. The smallest absolute Gasteiger partial charge is 0.325 e. The first-order valence-corrected chi connectivity index (χ1v) is 8.44. The Bertz CT molecular complexity index is 923. The Morgan fingerprint density at radius 3 is 2.63 bits per heavy atom. The summed E-state index contributed by atoms with van der Waals surface area (Å²) in [4.78, 5) is 38.1. The summed E-state index contributed by atoms with van der Waals surface area (Å²) in [6, 6.07) is 7.07. The number of nitrogens with zero attached hydrogens (tertiary/aromatic N) is 1. The maximum absolute atomic E-state index is 13.6. The van der Waals surface area contributed by atoms with Gasteiger partial charge in [0.05, 0.1) is 0 Å². The molecule has 27 heavy (non-hydrogen) atoms. The van der Waals surface area contributed by atoms with Crippen molar-refractivity contribution < 1.29 is 23.2 Å². The van der Waals surface area contributed by atoms with Gasteiger partial charge in [0.15, 0.2) is 0 Å². The van der Waals surface area contributed by atoms with Crippen LogP contribution in [0.2, 0.25) is 0 Å². The number of aryl methyl sites for hydroxylation is 2. The maximum atomic E-state index is 13.6. The molecule has 1 aromatic carbocycles. The van der Waals surface area contributed by atoms with E-state index in [-0.39, 0.29) is 6.54 Å². The molecule has 2 N–H and O–H groups in total. The molecular formula is C19H20FN3O4. The molecule has 8 heteroatoms. The zero-order valence-electron chi connectivity index (χ0n) is 15.3. The lowest BCUT2D eigenvalue weighted by Gasteiger charge is -2.21. The third-order valence-corrected chi connectivity index (χ3v) is 4.59. The number of amides is 4. The fraction of sp³-hybridized carbons (Fsp3) is 0.316. The molecule has 142 valence electrons. The van der Waals surface area contributed by atoms with Gasteiger partial charge in [0.2, 0.25) is 5.91 Å². The van der Waals surface area contributed by atoms with Gasteiger partial charge in [-0.2, -0.15) is 0 Å². The van der Waals surface area contributed by atoms with Crippen LogP contribution in [0.3, 0.4) is 0 Å². The topological polar surface area (TPSA) is 91.7 Å². The largest absolute Gasteiger partial charge is 0.466 e. The van der Waals surface area contributed by atoms with Gasteiger partial charge in [-0.05, 0) is 32.9 Å². The highest BCUT2D eigenvalue weighted by Gasteiger charge is 2.51. The zero-order valence-corrected chi connectivity index (χ0v) is 15.3. The van der Waals surface area contributed by atoms with Crippen LogP contribution in [0.5, 0.6) is 0 Å². The average Bonchev–Trinajstić information content (AvgIpc) is 3.06. The second-order valence-electron chi connectivity index (χ2n) is 6.64. The standard InChI is InChI=1S/C19H20FN3O4/c1-11-8-14(12(2)27-11)19(3)17(25)23(18(26)22-19)10-16(24)21-9-13-6-4-5-7-15(13)20/h4-8H,9-10H2,1-3H3,(H,21,24)(H,22,26)/t19-/m1/s1. The lowest BCUT2D eigenvalue weighted by atomic mass is 9.92. The molecule has 1 aliphatic heterocycles. The first-order valence-electron chi connectivity index (χ1n) is 8.44. The van der Waals surface area contributed by atoms with Crippen molar-refractivity contribution in [3.63, 3.8) is 0 Å². The van der Waals surface area contributed by atoms with Gasteiger partial charge in [-0.1, -0.05) is 18.2 Å². The first-order chi connectivity index (χ1) is 12.7. The highest BCUT2D eigenvalue weighted by atomic mass is 19.1. The molecule has 0 bridgehead atoms. The summed E-state index contributed by atoms with van der Waals surface area (Å²) in [7, 11) is 0. The summed E-state index contributed by atoms with van der Waals surface area (Å²) in [6.07, 6.45) is 0. The van der Waals surface area contributed by atoms with Crippen LogP contribution in [-0.2, 0) is 21.7 Å². The SMILES string of the molecule is Cc1cc([C@@]2(C)NC(=O)N(CC(=O)NCc3ccccc3F)C2=O)c(C)o1. The maximum Gasteiger partial charge on any atom is 0.325 e. The van der Waals surface area contributed by atoms with E-state index in [1.165, 1.54) is 6.07 Å². The zero-order chi connectivity index (χ0) is 19.8. The minimum Gasteiger partial charge on any atom is -0.466 e. The third-order valence-electron chi connectivity index (χ3n) is 4.59. The van der Waals surface area contributed by atoms with Crippen LogP contribution in [0.4, 0.5) is 9.18 Å². The van der Waals surface area contributed by atoms with E-state index in [1.807, 2.05) is 0 Å². The fourth-order valence-corrected chi connectivity index (χ4v) is 3.19. The van der Waals surface area contributed by atoms with Gasteiger partial charge in [0.1, 0.15) is 29.4 Å². The molecule has 1 aliphatic rings. The van der Waals surface area contributed by atoms with Crippen LogP contribution >= 0.6 is 0 Å². The molecule has 1 saturated heterocycles. The lowest BCUT2D eigenvalue weighted by molar-refractivity contribution is -0.134. The van der Waals surface area contributed by atoms with Gasteiger partial charge in [-0.25, -0.2) is 9.18 Å². The van der Waals surface area contributed by atoms with Crippen molar-refractivity contribution in [1.29, 1.82) is 0 Å². The summed E-state index contributed by atoms with van der Waals surface area (Å²) >= 11 is 0. The van der Waals surface area contributed by atoms with Gasteiger partial charge in [-0.3, -0.25) is 14.5 Å². The minimum atomic E-state index is -1.30. The van der Waals surface area contributed by atoms with E-state index < -0.39 is 35.7 Å². The van der Waals surface area contributed by atoms with Gasteiger partial charge in [0.25, 0.3) is 5.91 Å². The Hall–Kier alpha value is -3.16. The van der Waals surface area contributed by atoms with Crippen LogP contribution in [-0.4, -0.2) is 29.3 Å². The van der Waals surface area contributed by atoms with Crippen LogP contribution < -0.4 is 10.6 Å². The van der Waals surface area contributed by atoms with Crippen molar-refractivity contribution in [2.24, 2.45) is 0 Å². The molecule has 0 aliphatic carbocycles. The summed E-state index contributed by atoms with van der Waals surface area (Å²) in [5.41, 5.74) is -0.435. The lowest BCUT2D eigenvalue weighted by Crippen LogP contribution is -2.43. The van der Waals surface area contributed by atoms with Crippen LogP contribution in [0.15, 0.2) is 34.7 Å². The van der Waals surface area contributed by atoms with E-state index in [2.05, 4.69) is 10.6 Å². The highest BCUT2D eigenvalue weighted by molar-refractivity contribution is 6.09. The first kappa shape index (κ1) is 18.6. The number of benzene rings is 1. The van der Waals surface area contributed by atoms with E-state index >= 15 is 0 Å². The second kappa shape index (κ2) is 6.86. The van der Waals surface area contributed by atoms with Crippen molar-refractivity contribution in [1.82, 2.24) is 15.5 Å². The fourth-order valence-electron chi connectivity index (χ4n) is 3.19. The molecule has 3 rings (SSSR count). The highest BCUT2D eigenvalue weighted by Crippen LogP contribution is 2.32. The number of rotatable bonds is 5. The van der Waals surface area contributed by atoms with Crippen molar-refractivity contribution in [2.45, 2.75) is 32.9 Å². The van der Waals surface area contributed by atoms with Crippen molar-refractivity contribution in [3.05, 3.63) is 58.8 Å². The summed E-state index contributed by atoms with van der Waals surface area (Å²) in [5.74, 6) is -0.406. The van der Waals surface area contributed by atoms with E-state index in [9.17, 15) is 18.8 Å². The number of urea groups is 1. The average molecular weight is 373 g/mol. The van der Waals surface area contributed by atoms with Crippen molar-refractivity contribution in [2.75, 3.05) is 6.54 Å². The Labute approximate surface area is 155 Å². The predicted octanol–water partition coefficient (Wildman–Crippen LogP) is 2.12. The quantitative estimate of drug-likeness (QED) is 0.786. The van der Waals surface area contributed by atoms with Gasteiger partial charge in [-0.15, -0.1) is 0 Å². The van der Waals surface area contributed by atoms with Crippen LogP contribution in [0.1, 0.15) is 29.6 Å². The Balaban J connectivity index is 1.69. The number of hydrogen-bond donors (Lipinski definition) is 2. The third kappa shape index (κ3) is 3.42. The minimum absolute atomic E-state index is 0.0353. The second-order valence-corrected chi connectivity index (χ2v) is 6.64. The molecule has 2 aromatic rings. The molecule has 0 unspecified atom stereocenters. The van der Waals surface area contributed by atoms with E-state index in [0.29, 0.717) is 22.6 Å². The molecule has 7 nitrogen and oxygen atoms in total. The molecule has 0 saturated carbocycles. The van der Waals surface area contributed by atoms with Crippen LogP contribution in [0.25, 0.3) is 0 Å². The van der Waals surface area contributed by atoms with Gasteiger partial charge < -0.3 is 15.1 Å². The molecule has 1 aromatic heterocycles. The van der Waals surface area contributed by atoms with Crippen molar-refractivity contribution >= 4 is 17.8 Å². The molecule has 1 atom stereocenters. The summed E-state index contributed by atoms with van der Waals surface area (Å²) in [6.45, 7) is 4.53. The number of carbonyl (C=O) groups excluding carboxylic acids is 3. The Morgan fingerprint density at radius 1 is 1.30 bits per heavy atom. The molecular weight excluding hydrogens is 353 g/mol. The van der Waals surface area contributed by atoms with E-state index in [1.54, 1.807) is 45.0 Å². The summed E-state index contributed by atoms with van der Waals surface area (Å²) < 4.78 is 19.1. The number of carbonyl (C=O) groups is 3. The molecule has 0 spiro atoms.